The minimum atomic E-state index is -0.324. The first-order chi connectivity index (χ1) is 7.09. The SMILES string of the molecule is CC(C)NC(=O)CCn1cccnc1=O. The molecule has 0 saturated heterocycles. The second-order valence-electron chi connectivity index (χ2n) is 3.57. The number of amides is 1. The molecule has 0 aliphatic rings. The summed E-state index contributed by atoms with van der Waals surface area (Å²) in [6, 6.07) is 1.80. The molecule has 0 radical (unpaired) electrons. The van der Waals surface area contributed by atoms with Crippen LogP contribution in [0.1, 0.15) is 20.3 Å². The van der Waals surface area contributed by atoms with E-state index in [1.54, 1.807) is 12.3 Å². The van der Waals surface area contributed by atoms with Gasteiger partial charge in [0, 0.05) is 31.4 Å². The van der Waals surface area contributed by atoms with Crippen LogP contribution in [-0.2, 0) is 11.3 Å². The van der Waals surface area contributed by atoms with Crippen molar-refractivity contribution < 1.29 is 4.79 Å². The van der Waals surface area contributed by atoms with Crippen molar-refractivity contribution in [3.05, 3.63) is 28.9 Å². The number of aryl methyl sites for hydroxylation is 1. The van der Waals surface area contributed by atoms with Gasteiger partial charge in [0.2, 0.25) is 5.91 Å². The Labute approximate surface area is 88.1 Å². The van der Waals surface area contributed by atoms with Gasteiger partial charge in [0.15, 0.2) is 0 Å². The zero-order valence-electron chi connectivity index (χ0n) is 8.93. The summed E-state index contributed by atoms with van der Waals surface area (Å²) in [5, 5.41) is 2.76. The van der Waals surface area contributed by atoms with Gasteiger partial charge in [0.25, 0.3) is 0 Å². The minimum absolute atomic E-state index is 0.0549. The molecule has 82 valence electrons. The van der Waals surface area contributed by atoms with Gasteiger partial charge in [-0.05, 0) is 19.9 Å². The molecule has 0 aromatic carbocycles. The summed E-state index contributed by atoms with van der Waals surface area (Å²) in [6.45, 7) is 4.16. The fourth-order valence-corrected chi connectivity index (χ4v) is 1.17. The second-order valence-corrected chi connectivity index (χ2v) is 3.57. The van der Waals surface area contributed by atoms with Crippen LogP contribution in [0.3, 0.4) is 0 Å². The molecule has 0 saturated carbocycles. The van der Waals surface area contributed by atoms with Crippen molar-refractivity contribution >= 4 is 5.91 Å². The van der Waals surface area contributed by atoms with Gasteiger partial charge in [-0.1, -0.05) is 0 Å². The van der Waals surface area contributed by atoms with Crippen molar-refractivity contribution in [1.29, 1.82) is 0 Å². The van der Waals surface area contributed by atoms with Gasteiger partial charge in [0.05, 0.1) is 0 Å². The second kappa shape index (κ2) is 5.29. The van der Waals surface area contributed by atoms with Gasteiger partial charge in [-0.3, -0.25) is 9.36 Å². The summed E-state index contributed by atoms with van der Waals surface area (Å²) in [5.41, 5.74) is -0.324. The fourth-order valence-electron chi connectivity index (χ4n) is 1.17. The standard InChI is InChI=1S/C10H15N3O2/c1-8(2)12-9(14)4-7-13-6-3-5-11-10(13)15/h3,5-6,8H,4,7H2,1-2H3,(H,12,14). The zero-order chi connectivity index (χ0) is 11.3. The number of hydrogen-bond donors (Lipinski definition) is 1. The molecular formula is C10H15N3O2. The molecule has 0 aliphatic carbocycles. The lowest BCUT2D eigenvalue weighted by molar-refractivity contribution is -0.121. The number of nitrogens with one attached hydrogen (secondary N) is 1. The molecule has 1 amide bonds. The van der Waals surface area contributed by atoms with E-state index in [1.165, 1.54) is 10.8 Å². The first kappa shape index (κ1) is 11.4. The molecule has 0 spiro atoms. The fraction of sp³-hybridized carbons (Fsp3) is 0.500. The molecule has 1 N–H and O–H groups in total. The molecule has 0 atom stereocenters. The molecule has 0 aliphatic heterocycles. The number of rotatable bonds is 4. The Morgan fingerprint density at radius 1 is 1.60 bits per heavy atom. The van der Waals surface area contributed by atoms with E-state index in [2.05, 4.69) is 10.3 Å². The van der Waals surface area contributed by atoms with Gasteiger partial charge in [0.1, 0.15) is 0 Å². The Hall–Kier alpha value is -1.65. The number of aromatic nitrogens is 2. The maximum atomic E-state index is 11.3. The predicted octanol–water partition coefficient (Wildman–Crippen LogP) is 0.158. The Bertz CT molecular complexity index is 384. The predicted molar refractivity (Wildman–Crippen MR) is 56.4 cm³/mol. The van der Waals surface area contributed by atoms with Gasteiger partial charge >= 0.3 is 5.69 Å². The number of carbonyl (C=O) groups is 1. The van der Waals surface area contributed by atoms with Crippen LogP contribution in [0, 0.1) is 0 Å². The lowest BCUT2D eigenvalue weighted by Crippen LogP contribution is -2.32. The average Bonchev–Trinajstić information content (AvgIpc) is 2.15. The van der Waals surface area contributed by atoms with Crippen molar-refractivity contribution in [1.82, 2.24) is 14.9 Å². The van der Waals surface area contributed by atoms with E-state index >= 15 is 0 Å². The summed E-state index contributed by atoms with van der Waals surface area (Å²) >= 11 is 0. The first-order valence-electron chi connectivity index (χ1n) is 4.90. The van der Waals surface area contributed by atoms with Crippen molar-refractivity contribution in [2.45, 2.75) is 32.9 Å². The summed E-state index contributed by atoms with van der Waals surface area (Å²) < 4.78 is 1.42. The van der Waals surface area contributed by atoms with Crippen molar-refractivity contribution in [2.75, 3.05) is 0 Å². The highest BCUT2D eigenvalue weighted by atomic mass is 16.2. The largest absolute Gasteiger partial charge is 0.354 e. The molecule has 15 heavy (non-hydrogen) atoms. The quantitative estimate of drug-likeness (QED) is 0.768. The molecule has 0 fully saturated rings. The van der Waals surface area contributed by atoms with E-state index < -0.39 is 0 Å². The van der Waals surface area contributed by atoms with Crippen molar-refractivity contribution in [3.63, 3.8) is 0 Å². The average molecular weight is 209 g/mol. The monoisotopic (exact) mass is 209 g/mol. The summed E-state index contributed by atoms with van der Waals surface area (Å²) in [4.78, 5) is 26.1. The highest BCUT2D eigenvalue weighted by molar-refractivity contribution is 5.76. The Balaban J connectivity index is 2.48. The van der Waals surface area contributed by atoms with E-state index in [0.717, 1.165) is 0 Å². The van der Waals surface area contributed by atoms with Crippen LogP contribution in [0.2, 0.25) is 0 Å². The van der Waals surface area contributed by atoms with Crippen molar-refractivity contribution in [3.8, 4) is 0 Å². The van der Waals surface area contributed by atoms with E-state index in [4.69, 9.17) is 0 Å². The Morgan fingerprint density at radius 3 is 2.93 bits per heavy atom. The third kappa shape index (κ3) is 3.93. The van der Waals surface area contributed by atoms with E-state index in [1.807, 2.05) is 13.8 Å². The topological polar surface area (TPSA) is 64.0 Å². The maximum absolute atomic E-state index is 11.3. The summed E-state index contributed by atoms with van der Waals surface area (Å²) in [5.74, 6) is -0.0549. The molecule has 0 bridgehead atoms. The van der Waals surface area contributed by atoms with E-state index in [-0.39, 0.29) is 17.6 Å². The van der Waals surface area contributed by atoms with Crippen LogP contribution in [0.25, 0.3) is 0 Å². The van der Waals surface area contributed by atoms with Crippen LogP contribution in [0.5, 0.6) is 0 Å². The highest BCUT2D eigenvalue weighted by Crippen LogP contribution is 1.88. The molecular weight excluding hydrogens is 194 g/mol. The third-order valence-electron chi connectivity index (χ3n) is 1.81. The van der Waals surface area contributed by atoms with Crippen LogP contribution >= 0.6 is 0 Å². The zero-order valence-corrected chi connectivity index (χ0v) is 8.93. The first-order valence-corrected chi connectivity index (χ1v) is 4.90. The summed E-state index contributed by atoms with van der Waals surface area (Å²) in [6.07, 6.45) is 3.36. The van der Waals surface area contributed by atoms with Crippen LogP contribution < -0.4 is 11.0 Å². The van der Waals surface area contributed by atoms with Gasteiger partial charge in [-0.2, -0.15) is 0 Å². The van der Waals surface area contributed by atoms with Crippen LogP contribution in [0.4, 0.5) is 0 Å². The van der Waals surface area contributed by atoms with Crippen LogP contribution in [-0.4, -0.2) is 21.5 Å². The molecule has 5 nitrogen and oxygen atoms in total. The van der Waals surface area contributed by atoms with Gasteiger partial charge < -0.3 is 5.32 Å². The molecule has 1 aromatic rings. The highest BCUT2D eigenvalue weighted by Gasteiger charge is 2.03. The molecule has 1 rings (SSSR count). The molecule has 1 aromatic heterocycles. The Morgan fingerprint density at radius 2 is 2.33 bits per heavy atom. The maximum Gasteiger partial charge on any atom is 0.347 e. The minimum Gasteiger partial charge on any atom is -0.354 e. The van der Waals surface area contributed by atoms with Gasteiger partial charge in [-0.15, -0.1) is 0 Å². The van der Waals surface area contributed by atoms with Crippen molar-refractivity contribution in [2.24, 2.45) is 0 Å². The normalized spacial score (nSPS) is 10.3. The lowest BCUT2D eigenvalue weighted by Gasteiger charge is -2.08. The number of hydrogen-bond acceptors (Lipinski definition) is 3. The van der Waals surface area contributed by atoms with Crippen LogP contribution in [0.15, 0.2) is 23.3 Å². The third-order valence-corrected chi connectivity index (χ3v) is 1.81. The summed E-state index contributed by atoms with van der Waals surface area (Å²) in [7, 11) is 0. The van der Waals surface area contributed by atoms with E-state index in [0.29, 0.717) is 13.0 Å². The lowest BCUT2D eigenvalue weighted by atomic mass is 10.3. The molecule has 1 heterocycles. The van der Waals surface area contributed by atoms with Gasteiger partial charge in [-0.25, -0.2) is 9.78 Å². The molecule has 0 unspecified atom stereocenters. The smallest absolute Gasteiger partial charge is 0.347 e. The molecule has 5 heteroatoms. The number of nitrogens with zero attached hydrogens (tertiary/aromatic N) is 2. The van der Waals surface area contributed by atoms with E-state index in [9.17, 15) is 9.59 Å². The Kier molecular flexibility index (Phi) is 4.03. The number of carbonyl (C=O) groups excluding carboxylic acids is 1.